The Balaban J connectivity index is 1.54. The molecule has 1 saturated heterocycles. The largest absolute Gasteiger partial charge is 0.346 e. The fraction of sp³-hybridized carbons (Fsp3) is 0.611. The maximum Gasteiger partial charge on any atom is 0.224 e. The van der Waals surface area contributed by atoms with E-state index in [0.29, 0.717) is 17.7 Å². The van der Waals surface area contributed by atoms with Gasteiger partial charge in [-0.2, -0.15) is 0 Å². The Kier molecular flexibility index (Phi) is 3.26. The minimum absolute atomic E-state index is 0.110. The van der Waals surface area contributed by atoms with Crippen LogP contribution in [0.3, 0.4) is 0 Å². The molecule has 4 rings (SSSR count). The van der Waals surface area contributed by atoms with Crippen LogP contribution in [0.4, 0.5) is 0 Å². The fourth-order valence-corrected chi connectivity index (χ4v) is 4.52. The van der Waals surface area contributed by atoms with E-state index < -0.39 is 0 Å². The maximum absolute atomic E-state index is 12.7. The van der Waals surface area contributed by atoms with Crippen LogP contribution in [0.25, 0.3) is 0 Å². The van der Waals surface area contributed by atoms with Gasteiger partial charge in [0.1, 0.15) is 0 Å². The second kappa shape index (κ2) is 5.13. The van der Waals surface area contributed by atoms with Crippen LogP contribution >= 0.6 is 0 Å². The van der Waals surface area contributed by atoms with Crippen molar-refractivity contribution in [3.05, 3.63) is 35.9 Å². The molecule has 1 aliphatic heterocycles. The number of fused-ring (bicyclic) bond motifs is 1. The van der Waals surface area contributed by atoms with Crippen molar-refractivity contribution in [2.24, 2.45) is 17.8 Å². The number of amides is 1. The maximum atomic E-state index is 12.7. The van der Waals surface area contributed by atoms with Crippen molar-refractivity contribution in [1.82, 2.24) is 10.6 Å². The van der Waals surface area contributed by atoms with E-state index >= 15 is 0 Å². The molecule has 1 aromatic carbocycles. The van der Waals surface area contributed by atoms with Gasteiger partial charge in [0.25, 0.3) is 0 Å². The van der Waals surface area contributed by atoms with E-state index in [0.717, 1.165) is 25.9 Å². The Morgan fingerprint density at radius 1 is 1.05 bits per heavy atom. The lowest BCUT2D eigenvalue weighted by atomic mass is 9.76. The Morgan fingerprint density at radius 3 is 2.38 bits per heavy atom. The molecule has 112 valence electrons. The third kappa shape index (κ3) is 2.28. The summed E-state index contributed by atoms with van der Waals surface area (Å²) in [5.74, 6) is 1.77. The van der Waals surface area contributed by atoms with Gasteiger partial charge in [0.2, 0.25) is 5.91 Å². The number of benzene rings is 1. The molecule has 0 radical (unpaired) electrons. The second-order valence-corrected chi connectivity index (χ2v) is 7.01. The van der Waals surface area contributed by atoms with Crippen LogP contribution < -0.4 is 10.6 Å². The summed E-state index contributed by atoms with van der Waals surface area (Å²) in [6, 6.07) is 10.6. The van der Waals surface area contributed by atoms with E-state index in [1.165, 1.54) is 24.8 Å². The highest BCUT2D eigenvalue weighted by Crippen LogP contribution is 2.49. The molecule has 0 aromatic heterocycles. The van der Waals surface area contributed by atoms with Crippen molar-refractivity contribution in [3.63, 3.8) is 0 Å². The minimum Gasteiger partial charge on any atom is -0.346 e. The van der Waals surface area contributed by atoms with Crippen molar-refractivity contribution in [3.8, 4) is 0 Å². The predicted molar refractivity (Wildman–Crippen MR) is 82.7 cm³/mol. The summed E-state index contributed by atoms with van der Waals surface area (Å²) in [5, 5.41) is 6.84. The molecule has 2 N–H and O–H groups in total. The highest BCUT2D eigenvalue weighted by molar-refractivity contribution is 5.83. The summed E-state index contributed by atoms with van der Waals surface area (Å²) in [6.45, 7) is 2.06. The first kappa shape index (κ1) is 13.3. The van der Waals surface area contributed by atoms with Gasteiger partial charge in [-0.25, -0.2) is 0 Å². The highest BCUT2D eigenvalue weighted by atomic mass is 16.2. The van der Waals surface area contributed by atoms with Crippen molar-refractivity contribution >= 4 is 5.91 Å². The first-order valence-electron chi connectivity index (χ1n) is 8.38. The van der Waals surface area contributed by atoms with Crippen molar-refractivity contribution in [2.75, 3.05) is 13.1 Å². The molecule has 0 spiro atoms. The van der Waals surface area contributed by atoms with Gasteiger partial charge in [0.05, 0.1) is 5.54 Å². The SMILES string of the molecule is O=C(NC1(c2ccccc2)CCCCC1)C1[C@H]2CNC[C@@H]12. The number of carbonyl (C=O) groups excluding carboxylic acids is 1. The van der Waals surface area contributed by atoms with Crippen LogP contribution in [-0.2, 0) is 10.3 Å². The van der Waals surface area contributed by atoms with Gasteiger partial charge in [-0.05, 0) is 43.3 Å². The third-order valence-electron chi connectivity index (χ3n) is 5.79. The summed E-state index contributed by atoms with van der Waals surface area (Å²) in [4.78, 5) is 12.7. The molecule has 3 fully saturated rings. The summed E-state index contributed by atoms with van der Waals surface area (Å²) >= 11 is 0. The number of hydrogen-bond donors (Lipinski definition) is 2. The molecule has 21 heavy (non-hydrogen) atoms. The molecule has 3 aliphatic rings. The molecule has 2 aliphatic carbocycles. The topological polar surface area (TPSA) is 41.1 Å². The first-order valence-corrected chi connectivity index (χ1v) is 8.38. The quantitative estimate of drug-likeness (QED) is 0.895. The zero-order valence-electron chi connectivity index (χ0n) is 12.5. The van der Waals surface area contributed by atoms with Gasteiger partial charge >= 0.3 is 0 Å². The van der Waals surface area contributed by atoms with Crippen molar-refractivity contribution < 1.29 is 4.79 Å². The predicted octanol–water partition coefficient (Wildman–Crippen LogP) is 2.43. The van der Waals surface area contributed by atoms with Crippen LogP contribution in [0, 0.1) is 17.8 Å². The average molecular weight is 284 g/mol. The van der Waals surface area contributed by atoms with Gasteiger partial charge in [-0.1, -0.05) is 49.6 Å². The molecule has 1 aromatic rings. The molecular weight excluding hydrogens is 260 g/mol. The molecule has 1 heterocycles. The average Bonchev–Trinajstić information content (AvgIpc) is 3.03. The highest BCUT2D eigenvalue weighted by Gasteiger charge is 2.57. The summed E-state index contributed by atoms with van der Waals surface area (Å²) in [6.07, 6.45) is 5.90. The van der Waals surface area contributed by atoms with Crippen LogP contribution in [0.1, 0.15) is 37.7 Å². The van der Waals surface area contributed by atoms with Crippen LogP contribution in [0.5, 0.6) is 0 Å². The number of hydrogen-bond acceptors (Lipinski definition) is 2. The molecular formula is C18H24N2O. The Labute approximate surface area is 126 Å². The second-order valence-electron chi connectivity index (χ2n) is 7.01. The minimum atomic E-state index is -0.110. The molecule has 1 amide bonds. The van der Waals surface area contributed by atoms with Crippen LogP contribution in [0.2, 0.25) is 0 Å². The molecule has 0 bridgehead atoms. The smallest absolute Gasteiger partial charge is 0.224 e. The Bertz CT molecular complexity index is 511. The number of carbonyl (C=O) groups is 1. The molecule has 2 saturated carbocycles. The summed E-state index contributed by atoms with van der Waals surface area (Å²) in [5.41, 5.74) is 1.18. The zero-order valence-corrected chi connectivity index (χ0v) is 12.5. The molecule has 1 unspecified atom stereocenters. The molecule has 3 atom stereocenters. The molecule has 3 heteroatoms. The monoisotopic (exact) mass is 284 g/mol. The van der Waals surface area contributed by atoms with E-state index in [1.54, 1.807) is 0 Å². The van der Waals surface area contributed by atoms with E-state index in [9.17, 15) is 4.79 Å². The number of nitrogens with one attached hydrogen (secondary N) is 2. The summed E-state index contributed by atoms with van der Waals surface area (Å²) < 4.78 is 0. The van der Waals surface area contributed by atoms with Gasteiger partial charge in [-0.3, -0.25) is 4.79 Å². The zero-order chi connectivity index (χ0) is 14.3. The van der Waals surface area contributed by atoms with E-state index in [-0.39, 0.29) is 11.5 Å². The normalized spacial score (nSPS) is 33.2. The van der Waals surface area contributed by atoms with Gasteiger partial charge < -0.3 is 10.6 Å². The Hall–Kier alpha value is -1.35. The van der Waals surface area contributed by atoms with Crippen LogP contribution in [-0.4, -0.2) is 19.0 Å². The molecule has 3 nitrogen and oxygen atoms in total. The first-order chi connectivity index (χ1) is 10.3. The van der Waals surface area contributed by atoms with E-state index in [1.807, 2.05) is 0 Å². The van der Waals surface area contributed by atoms with Crippen LogP contribution in [0.15, 0.2) is 30.3 Å². The lowest BCUT2D eigenvalue weighted by Gasteiger charge is -2.39. The lowest BCUT2D eigenvalue weighted by molar-refractivity contribution is -0.125. The number of piperidine rings is 1. The van der Waals surface area contributed by atoms with E-state index in [4.69, 9.17) is 0 Å². The lowest BCUT2D eigenvalue weighted by Crippen LogP contribution is -2.48. The van der Waals surface area contributed by atoms with Gasteiger partial charge in [0, 0.05) is 5.92 Å². The third-order valence-corrected chi connectivity index (χ3v) is 5.79. The number of rotatable bonds is 3. The van der Waals surface area contributed by atoms with Crippen molar-refractivity contribution in [2.45, 2.75) is 37.6 Å². The van der Waals surface area contributed by atoms with Gasteiger partial charge in [0.15, 0.2) is 0 Å². The van der Waals surface area contributed by atoms with Gasteiger partial charge in [-0.15, -0.1) is 0 Å². The summed E-state index contributed by atoms with van der Waals surface area (Å²) in [7, 11) is 0. The fourth-order valence-electron chi connectivity index (χ4n) is 4.52. The van der Waals surface area contributed by atoms with Crippen molar-refractivity contribution in [1.29, 1.82) is 0 Å². The Morgan fingerprint density at radius 2 is 1.71 bits per heavy atom. The van der Waals surface area contributed by atoms with E-state index in [2.05, 4.69) is 41.0 Å². The standard InChI is InChI=1S/C18H24N2O/c21-17(16-14-11-19-12-15(14)16)20-18(9-5-2-6-10-18)13-7-3-1-4-8-13/h1,3-4,7-8,14-16,19H,2,5-6,9-12H2,(H,20,21)/t14-,15+,16?.